The monoisotopic (exact) mass is 229 g/mol. The van der Waals surface area contributed by atoms with Crippen LogP contribution in [0.25, 0.3) is 0 Å². The Balaban J connectivity index is 2.40. The number of carboxylic acids is 1. The fourth-order valence-electron chi connectivity index (χ4n) is 1.55. The fraction of sp³-hybridized carbons (Fsp3) is 0.818. The van der Waals surface area contributed by atoms with Crippen LogP contribution in [0, 0.1) is 11.8 Å². The molecule has 2 N–H and O–H groups in total. The van der Waals surface area contributed by atoms with E-state index in [1.54, 1.807) is 6.92 Å². The van der Waals surface area contributed by atoms with Crippen molar-refractivity contribution in [3.8, 4) is 0 Å². The van der Waals surface area contributed by atoms with E-state index in [0.717, 1.165) is 12.8 Å². The number of carbonyl (C=O) groups excluding carboxylic acids is 1. The van der Waals surface area contributed by atoms with Gasteiger partial charge in [0.15, 0.2) is 0 Å². The molecule has 5 nitrogen and oxygen atoms in total. The maximum atomic E-state index is 11.6. The third-order valence-corrected chi connectivity index (χ3v) is 2.74. The van der Waals surface area contributed by atoms with Crippen LogP contribution in [0.2, 0.25) is 0 Å². The van der Waals surface area contributed by atoms with Gasteiger partial charge in [-0.05, 0) is 12.3 Å². The molecule has 16 heavy (non-hydrogen) atoms. The molecular formula is C11H19NO4. The van der Waals surface area contributed by atoms with Gasteiger partial charge in [0.25, 0.3) is 0 Å². The molecule has 1 aliphatic rings. The third-order valence-electron chi connectivity index (χ3n) is 2.74. The normalized spacial score (nSPS) is 18.9. The summed E-state index contributed by atoms with van der Waals surface area (Å²) < 4.78 is 4.85. The van der Waals surface area contributed by atoms with Gasteiger partial charge in [0.05, 0.1) is 12.5 Å². The van der Waals surface area contributed by atoms with Crippen LogP contribution < -0.4 is 5.32 Å². The minimum Gasteiger partial charge on any atom is -0.480 e. The summed E-state index contributed by atoms with van der Waals surface area (Å²) in [7, 11) is 1.52. The van der Waals surface area contributed by atoms with Crippen molar-refractivity contribution in [2.24, 2.45) is 11.8 Å². The van der Waals surface area contributed by atoms with Gasteiger partial charge in [-0.25, -0.2) is 4.79 Å². The molecule has 0 aliphatic heterocycles. The third kappa shape index (κ3) is 4.18. The largest absolute Gasteiger partial charge is 0.480 e. The molecule has 2 unspecified atom stereocenters. The Labute approximate surface area is 95.2 Å². The zero-order valence-corrected chi connectivity index (χ0v) is 9.73. The maximum absolute atomic E-state index is 11.6. The Hall–Kier alpha value is -1.10. The summed E-state index contributed by atoms with van der Waals surface area (Å²) in [5.41, 5.74) is 0. The highest BCUT2D eigenvalue weighted by Crippen LogP contribution is 2.33. The summed E-state index contributed by atoms with van der Waals surface area (Å²) in [6, 6.07) is -0.751. The molecule has 1 fully saturated rings. The second-order valence-electron chi connectivity index (χ2n) is 4.43. The van der Waals surface area contributed by atoms with E-state index in [1.165, 1.54) is 7.11 Å². The van der Waals surface area contributed by atoms with Gasteiger partial charge in [0, 0.05) is 7.11 Å². The number of aliphatic carboxylic acids is 1. The minimum atomic E-state index is -0.954. The first-order chi connectivity index (χ1) is 7.54. The van der Waals surface area contributed by atoms with Crippen LogP contribution in [0.4, 0.5) is 0 Å². The van der Waals surface area contributed by atoms with Gasteiger partial charge in [-0.1, -0.05) is 19.8 Å². The lowest BCUT2D eigenvalue weighted by atomic mass is 10.1. The van der Waals surface area contributed by atoms with Crippen molar-refractivity contribution < 1.29 is 19.4 Å². The number of amides is 1. The molecule has 2 atom stereocenters. The zero-order valence-electron chi connectivity index (χ0n) is 9.73. The molecule has 1 saturated carbocycles. The average molecular weight is 229 g/mol. The fourth-order valence-corrected chi connectivity index (χ4v) is 1.55. The number of methoxy groups -OCH3 is 1. The summed E-state index contributed by atoms with van der Waals surface area (Å²) in [4.78, 5) is 22.5. The van der Waals surface area contributed by atoms with Crippen LogP contribution in [0.15, 0.2) is 0 Å². The number of carbonyl (C=O) groups is 2. The standard InChI is InChI=1S/C11H19NO4/c1-7(6-16-2)10(13)12-9(11(14)15)5-8-3-4-8/h7-9H,3-6H2,1-2H3,(H,12,13)(H,14,15). The summed E-state index contributed by atoms with van der Waals surface area (Å²) >= 11 is 0. The molecule has 1 rings (SSSR count). The van der Waals surface area contributed by atoms with Crippen molar-refractivity contribution in [3.63, 3.8) is 0 Å². The molecule has 0 aromatic rings. The predicted molar refractivity (Wildman–Crippen MR) is 57.9 cm³/mol. The molecule has 1 aliphatic carbocycles. The zero-order chi connectivity index (χ0) is 12.1. The first-order valence-electron chi connectivity index (χ1n) is 5.56. The first-order valence-corrected chi connectivity index (χ1v) is 5.56. The smallest absolute Gasteiger partial charge is 0.326 e. The highest BCUT2D eigenvalue weighted by Gasteiger charge is 2.30. The van der Waals surface area contributed by atoms with Crippen LogP contribution in [0.1, 0.15) is 26.2 Å². The number of rotatable bonds is 7. The molecule has 0 aromatic carbocycles. The molecule has 0 heterocycles. The van der Waals surface area contributed by atoms with Gasteiger partial charge in [0.1, 0.15) is 6.04 Å². The van der Waals surface area contributed by atoms with Crippen molar-refractivity contribution in [2.75, 3.05) is 13.7 Å². The van der Waals surface area contributed by atoms with E-state index in [1.807, 2.05) is 0 Å². The van der Waals surface area contributed by atoms with Gasteiger partial charge in [0.2, 0.25) is 5.91 Å². The van der Waals surface area contributed by atoms with Crippen LogP contribution in [-0.4, -0.2) is 36.7 Å². The Morgan fingerprint density at radius 3 is 2.56 bits per heavy atom. The van der Waals surface area contributed by atoms with Crippen LogP contribution in [0.5, 0.6) is 0 Å². The van der Waals surface area contributed by atoms with Gasteiger partial charge < -0.3 is 15.2 Å². The maximum Gasteiger partial charge on any atom is 0.326 e. The molecule has 0 saturated heterocycles. The highest BCUT2D eigenvalue weighted by molar-refractivity contribution is 5.84. The van der Waals surface area contributed by atoms with Crippen LogP contribution >= 0.6 is 0 Å². The van der Waals surface area contributed by atoms with E-state index in [2.05, 4.69) is 5.32 Å². The van der Waals surface area contributed by atoms with Crippen molar-refractivity contribution in [3.05, 3.63) is 0 Å². The SMILES string of the molecule is COCC(C)C(=O)NC(CC1CC1)C(=O)O. The Morgan fingerprint density at radius 2 is 2.12 bits per heavy atom. The van der Waals surface area contributed by atoms with Crippen molar-refractivity contribution in [1.82, 2.24) is 5.32 Å². The van der Waals surface area contributed by atoms with E-state index in [9.17, 15) is 9.59 Å². The van der Waals surface area contributed by atoms with Gasteiger partial charge >= 0.3 is 5.97 Å². The van der Waals surface area contributed by atoms with Crippen molar-refractivity contribution >= 4 is 11.9 Å². The lowest BCUT2D eigenvalue weighted by Crippen LogP contribution is -2.44. The van der Waals surface area contributed by atoms with E-state index in [0.29, 0.717) is 18.9 Å². The average Bonchev–Trinajstić information content (AvgIpc) is 3.00. The topological polar surface area (TPSA) is 75.6 Å². The molecule has 0 bridgehead atoms. The predicted octanol–water partition coefficient (Wildman–Crippen LogP) is 0.638. The number of carboxylic acid groups (broad SMARTS) is 1. The second-order valence-corrected chi connectivity index (χ2v) is 4.43. The van der Waals surface area contributed by atoms with E-state index in [4.69, 9.17) is 9.84 Å². The molecule has 0 spiro atoms. The van der Waals surface area contributed by atoms with Crippen molar-refractivity contribution in [2.45, 2.75) is 32.2 Å². The van der Waals surface area contributed by atoms with E-state index in [-0.39, 0.29) is 11.8 Å². The van der Waals surface area contributed by atoms with Gasteiger partial charge in [-0.2, -0.15) is 0 Å². The summed E-state index contributed by atoms with van der Waals surface area (Å²) in [6.45, 7) is 2.02. The van der Waals surface area contributed by atoms with Gasteiger partial charge in [-0.15, -0.1) is 0 Å². The highest BCUT2D eigenvalue weighted by atomic mass is 16.5. The summed E-state index contributed by atoms with van der Waals surface area (Å²) in [5, 5.41) is 11.5. The number of hydrogen-bond acceptors (Lipinski definition) is 3. The summed E-state index contributed by atoms with van der Waals surface area (Å²) in [5.74, 6) is -1.05. The number of nitrogens with one attached hydrogen (secondary N) is 1. The molecular weight excluding hydrogens is 210 g/mol. The molecule has 0 aromatic heterocycles. The van der Waals surface area contributed by atoms with Gasteiger partial charge in [-0.3, -0.25) is 4.79 Å². The Kier molecular flexibility index (Phi) is 4.73. The molecule has 5 heteroatoms. The number of hydrogen-bond donors (Lipinski definition) is 2. The lowest BCUT2D eigenvalue weighted by Gasteiger charge is -2.17. The molecule has 0 radical (unpaired) electrons. The summed E-state index contributed by atoms with van der Waals surface area (Å²) in [6.07, 6.45) is 2.70. The Morgan fingerprint density at radius 1 is 1.50 bits per heavy atom. The molecule has 1 amide bonds. The van der Waals surface area contributed by atoms with Crippen LogP contribution in [-0.2, 0) is 14.3 Å². The second kappa shape index (κ2) is 5.84. The quantitative estimate of drug-likeness (QED) is 0.671. The molecule has 92 valence electrons. The minimum absolute atomic E-state index is 0.255. The van der Waals surface area contributed by atoms with Crippen molar-refractivity contribution in [1.29, 1.82) is 0 Å². The Bertz CT molecular complexity index is 263. The number of ether oxygens (including phenoxy) is 1. The first kappa shape index (κ1) is 13.0. The van der Waals surface area contributed by atoms with E-state index < -0.39 is 12.0 Å². The van der Waals surface area contributed by atoms with Crippen LogP contribution in [0.3, 0.4) is 0 Å². The van der Waals surface area contributed by atoms with E-state index >= 15 is 0 Å². The lowest BCUT2D eigenvalue weighted by molar-refractivity contribution is -0.143.